The van der Waals surface area contributed by atoms with E-state index in [1.54, 1.807) is 12.0 Å². The summed E-state index contributed by atoms with van der Waals surface area (Å²) in [4.78, 5) is 28.7. The highest BCUT2D eigenvalue weighted by Gasteiger charge is 2.30. The Bertz CT molecular complexity index is 1200. The third-order valence-electron chi connectivity index (χ3n) is 6.34. The van der Waals surface area contributed by atoms with Crippen molar-refractivity contribution in [3.63, 3.8) is 0 Å². The van der Waals surface area contributed by atoms with Gasteiger partial charge in [-0.1, -0.05) is 48.5 Å². The maximum atomic E-state index is 13.8. The van der Waals surface area contributed by atoms with Gasteiger partial charge in [-0.3, -0.25) is 9.59 Å². The van der Waals surface area contributed by atoms with Gasteiger partial charge in [0.25, 0.3) is 0 Å². The van der Waals surface area contributed by atoms with E-state index in [9.17, 15) is 9.59 Å². The predicted molar refractivity (Wildman–Crippen MR) is 142 cm³/mol. The molecule has 0 saturated heterocycles. The second-order valence-corrected chi connectivity index (χ2v) is 8.95. The van der Waals surface area contributed by atoms with Crippen LogP contribution in [0.4, 0.5) is 0 Å². The van der Waals surface area contributed by atoms with Crippen molar-refractivity contribution in [3.05, 3.63) is 89.5 Å². The van der Waals surface area contributed by atoms with Gasteiger partial charge in [-0.15, -0.1) is 0 Å². The molecular weight excluding hydrogens is 468 g/mol. The molecule has 2 amide bonds. The fraction of sp³-hybridized carbons (Fsp3) is 0.333. The van der Waals surface area contributed by atoms with Crippen LogP contribution in [0.25, 0.3) is 0 Å². The molecule has 1 aliphatic heterocycles. The van der Waals surface area contributed by atoms with Crippen LogP contribution in [0, 0.1) is 0 Å². The predicted octanol–water partition coefficient (Wildman–Crippen LogP) is 4.18. The van der Waals surface area contributed by atoms with Crippen LogP contribution in [0.15, 0.2) is 72.8 Å². The molecule has 3 aromatic carbocycles. The first-order valence-corrected chi connectivity index (χ1v) is 12.7. The maximum absolute atomic E-state index is 13.8. The zero-order chi connectivity index (χ0) is 26.0. The number of carbonyl (C=O) groups is 2. The maximum Gasteiger partial charge on any atom is 0.243 e. The number of methoxy groups -OCH3 is 1. The summed E-state index contributed by atoms with van der Waals surface area (Å²) < 4.78 is 16.7. The molecule has 1 heterocycles. The van der Waals surface area contributed by atoms with Crippen LogP contribution in [0.3, 0.4) is 0 Å². The van der Waals surface area contributed by atoms with E-state index < -0.39 is 6.04 Å². The number of nitrogens with zero attached hydrogens (tertiary/aromatic N) is 1. The number of likely N-dealkylation sites (N-methyl/N-ethyl adjacent to an activating group) is 1. The molecule has 7 heteroatoms. The number of ether oxygens (including phenoxy) is 3. The molecule has 0 saturated carbocycles. The molecule has 0 aliphatic carbocycles. The zero-order valence-electron chi connectivity index (χ0n) is 21.4. The van der Waals surface area contributed by atoms with Gasteiger partial charge in [0.2, 0.25) is 11.8 Å². The Labute approximate surface area is 218 Å². The number of fused-ring (bicyclic) bond motifs is 1. The second-order valence-electron chi connectivity index (χ2n) is 8.95. The minimum Gasteiger partial charge on any atom is -0.497 e. The number of nitrogens with one attached hydrogen (secondary N) is 1. The van der Waals surface area contributed by atoms with Gasteiger partial charge in [0.1, 0.15) is 25.0 Å². The molecule has 0 radical (unpaired) electrons. The van der Waals surface area contributed by atoms with E-state index >= 15 is 0 Å². The third-order valence-corrected chi connectivity index (χ3v) is 6.34. The van der Waals surface area contributed by atoms with Crippen molar-refractivity contribution < 1.29 is 23.8 Å². The van der Waals surface area contributed by atoms with Gasteiger partial charge in [-0.25, -0.2) is 0 Å². The lowest BCUT2D eigenvalue weighted by molar-refractivity contribution is -0.141. The lowest BCUT2D eigenvalue weighted by Crippen LogP contribution is -2.50. The monoisotopic (exact) mass is 502 g/mol. The third kappa shape index (κ3) is 7.03. The van der Waals surface area contributed by atoms with Crippen molar-refractivity contribution in [1.82, 2.24) is 10.2 Å². The molecule has 1 atom stereocenters. The molecular formula is C30H34N2O5. The van der Waals surface area contributed by atoms with E-state index in [0.29, 0.717) is 50.6 Å². The summed E-state index contributed by atoms with van der Waals surface area (Å²) in [5.41, 5.74) is 2.87. The van der Waals surface area contributed by atoms with Crippen molar-refractivity contribution in [2.75, 3.05) is 26.9 Å². The van der Waals surface area contributed by atoms with Crippen LogP contribution in [0.2, 0.25) is 0 Å². The number of amides is 2. The van der Waals surface area contributed by atoms with E-state index in [4.69, 9.17) is 14.2 Å². The Hall–Kier alpha value is -4.00. The topological polar surface area (TPSA) is 77.1 Å². The number of benzene rings is 3. The Morgan fingerprint density at radius 1 is 0.919 bits per heavy atom. The first kappa shape index (κ1) is 26.1. The number of hydrogen-bond donors (Lipinski definition) is 1. The minimum absolute atomic E-state index is 0.0927. The summed E-state index contributed by atoms with van der Waals surface area (Å²) >= 11 is 0. The summed E-state index contributed by atoms with van der Waals surface area (Å²) in [7, 11) is 1.61. The molecule has 0 bridgehead atoms. The lowest BCUT2D eigenvalue weighted by atomic mass is 10.0. The molecule has 1 aliphatic rings. The second kappa shape index (κ2) is 12.8. The van der Waals surface area contributed by atoms with Crippen molar-refractivity contribution in [2.24, 2.45) is 0 Å². The van der Waals surface area contributed by atoms with Gasteiger partial charge >= 0.3 is 0 Å². The van der Waals surface area contributed by atoms with E-state index in [1.807, 2.05) is 79.7 Å². The standard InChI is InChI=1S/C30H34N2O5/c1-3-31-30(34)26(19-22-8-5-4-6-9-22)32(21-24-10-7-11-25(18-24)35-2)29(33)15-13-23-12-14-27-28(20-23)37-17-16-36-27/h4-12,14,18,20,26H,3,13,15-17,19,21H2,1-2H3,(H,31,34)/t26-/m1/s1. The number of aryl methyl sites for hydroxylation is 1. The van der Waals surface area contributed by atoms with E-state index in [2.05, 4.69) is 5.32 Å². The average Bonchev–Trinajstić information content (AvgIpc) is 2.94. The summed E-state index contributed by atoms with van der Waals surface area (Å²) in [5, 5.41) is 2.93. The van der Waals surface area contributed by atoms with Crippen LogP contribution in [0.1, 0.15) is 30.0 Å². The molecule has 0 fully saturated rings. The molecule has 3 aromatic rings. The molecule has 4 rings (SSSR count). The highest BCUT2D eigenvalue weighted by Crippen LogP contribution is 2.31. The van der Waals surface area contributed by atoms with Gasteiger partial charge in [0.05, 0.1) is 7.11 Å². The quantitative estimate of drug-likeness (QED) is 0.426. The zero-order valence-corrected chi connectivity index (χ0v) is 21.4. The largest absolute Gasteiger partial charge is 0.497 e. The number of carbonyl (C=O) groups excluding carboxylic acids is 2. The summed E-state index contributed by atoms with van der Waals surface area (Å²) in [6.45, 7) is 3.71. The molecule has 37 heavy (non-hydrogen) atoms. The van der Waals surface area contributed by atoms with Gasteiger partial charge in [0.15, 0.2) is 11.5 Å². The highest BCUT2D eigenvalue weighted by atomic mass is 16.6. The fourth-order valence-corrected chi connectivity index (χ4v) is 4.45. The molecule has 0 unspecified atom stereocenters. The minimum atomic E-state index is -0.652. The van der Waals surface area contributed by atoms with Crippen LogP contribution >= 0.6 is 0 Å². The highest BCUT2D eigenvalue weighted by molar-refractivity contribution is 5.88. The van der Waals surface area contributed by atoms with Crippen molar-refractivity contribution >= 4 is 11.8 Å². The average molecular weight is 503 g/mol. The first-order valence-electron chi connectivity index (χ1n) is 12.7. The Morgan fingerprint density at radius 2 is 1.68 bits per heavy atom. The van der Waals surface area contributed by atoms with Crippen molar-refractivity contribution in [1.29, 1.82) is 0 Å². The van der Waals surface area contributed by atoms with Crippen LogP contribution in [-0.4, -0.2) is 49.6 Å². The van der Waals surface area contributed by atoms with E-state index in [0.717, 1.165) is 22.4 Å². The number of rotatable bonds is 11. The molecule has 7 nitrogen and oxygen atoms in total. The fourth-order valence-electron chi connectivity index (χ4n) is 4.45. The number of hydrogen-bond acceptors (Lipinski definition) is 5. The normalized spacial score (nSPS) is 12.9. The van der Waals surface area contributed by atoms with Crippen LogP contribution in [-0.2, 0) is 29.0 Å². The van der Waals surface area contributed by atoms with E-state index in [-0.39, 0.29) is 18.2 Å². The molecule has 0 aromatic heterocycles. The van der Waals surface area contributed by atoms with Gasteiger partial charge in [-0.05, 0) is 54.3 Å². The Kier molecular flexibility index (Phi) is 9.03. The van der Waals surface area contributed by atoms with Crippen molar-refractivity contribution in [2.45, 2.75) is 38.8 Å². The van der Waals surface area contributed by atoms with Crippen molar-refractivity contribution in [3.8, 4) is 17.2 Å². The van der Waals surface area contributed by atoms with Gasteiger partial charge in [0, 0.05) is 25.9 Å². The van der Waals surface area contributed by atoms with Crippen LogP contribution < -0.4 is 19.5 Å². The first-order chi connectivity index (χ1) is 18.1. The Morgan fingerprint density at radius 3 is 2.43 bits per heavy atom. The Balaban J connectivity index is 1.59. The summed E-state index contributed by atoms with van der Waals surface area (Å²) in [5.74, 6) is 1.87. The SMILES string of the molecule is CCNC(=O)[C@@H](Cc1ccccc1)N(Cc1cccc(OC)c1)C(=O)CCc1ccc2c(c1)OCCO2. The summed E-state index contributed by atoms with van der Waals surface area (Å²) in [6.07, 6.45) is 1.21. The molecule has 1 N–H and O–H groups in total. The molecule has 194 valence electrons. The smallest absolute Gasteiger partial charge is 0.243 e. The molecule has 0 spiro atoms. The lowest BCUT2D eigenvalue weighted by Gasteiger charge is -2.31. The van der Waals surface area contributed by atoms with E-state index in [1.165, 1.54) is 0 Å². The van der Waals surface area contributed by atoms with Crippen LogP contribution in [0.5, 0.6) is 17.2 Å². The van der Waals surface area contributed by atoms with Gasteiger partial charge in [-0.2, -0.15) is 0 Å². The summed E-state index contributed by atoms with van der Waals surface area (Å²) in [6, 6.07) is 22.5. The van der Waals surface area contributed by atoms with Gasteiger partial charge < -0.3 is 24.4 Å².